The van der Waals surface area contributed by atoms with Crippen molar-refractivity contribution >= 4 is 33.6 Å². The van der Waals surface area contributed by atoms with Gasteiger partial charge in [0, 0.05) is 11.1 Å². The van der Waals surface area contributed by atoms with Gasteiger partial charge in [0.1, 0.15) is 5.69 Å². The molecule has 0 bridgehead atoms. The Morgan fingerprint density at radius 2 is 2.25 bits per heavy atom. The van der Waals surface area contributed by atoms with Crippen molar-refractivity contribution in [1.29, 1.82) is 0 Å². The first-order chi connectivity index (χ1) is 9.78. The Bertz CT molecular complexity index is 700. The van der Waals surface area contributed by atoms with Gasteiger partial charge in [-0.1, -0.05) is 30.0 Å². The third kappa shape index (κ3) is 2.46. The molecule has 1 aromatic heterocycles. The predicted octanol–water partition coefficient (Wildman–Crippen LogP) is 2.08. The van der Waals surface area contributed by atoms with E-state index in [2.05, 4.69) is 15.3 Å². The van der Waals surface area contributed by atoms with Crippen LogP contribution in [0.25, 0.3) is 10.8 Å². The number of hydrogen-bond donors (Lipinski definition) is 1. The Morgan fingerprint density at radius 1 is 1.40 bits per heavy atom. The molecular weight excluding hydrogens is 274 g/mol. The Labute approximate surface area is 120 Å². The van der Waals surface area contributed by atoms with Crippen LogP contribution in [0, 0.1) is 0 Å². The summed E-state index contributed by atoms with van der Waals surface area (Å²) in [6.45, 7) is 0.745. The van der Waals surface area contributed by atoms with E-state index >= 15 is 0 Å². The normalized spacial score (nSPS) is 14.2. The number of nitrogens with zero attached hydrogens (tertiary/aromatic N) is 2. The molecule has 1 aromatic carbocycles. The zero-order valence-corrected chi connectivity index (χ0v) is 11.7. The van der Waals surface area contributed by atoms with Crippen molar-refractivity contribution in [2.75, 3.05) is 19.4 Å². The average Bonchev–Trinajstić information content (AvgIpc) is 2.99. The molecule has 2 heterocycles. The van der Waals surface area contributed by atoms with Crippen LogP contribution in [0.3, 0.4) is 0 Å². The van der Waals surface area contributed by atoms with Crippen molar-refractivity contribution in [3.8, 4) is 5.88 Å². The lowest BCUT2D eigenvalue weighted by Crippen LogP contribution is -2.28. The maximum absolute atomic E-state index is 12.2. The second-order valence-electron chi connectivity index (χ2n) is 4.23. The number of aliphatic imine (C=N–C) groups is 1. The monoisotopic (exact) mass is 287 g/mol. The summed E-state index contributed by atoms with van der Waals surface area (Å²) in [4.78, 5) is 20.6. The number of nitrogens with one attached hydrogen (secondary N) is 1. The highest BCUT2D eigenvalue weighted by Gasteiger charge is 2.16. The fraction of sp³-hybridized carbons (Fsp3) is 0.214. The van der Waals surface area contributed by atoms with Gasteiger partial charge in [-0.05, 0) is 17.5 Å². The molecule has 0 spiro atoms. The smallest absolute Gasteiger partial charge is 0.275 e. The van der Waals surface area contributed by atoms with Crippen molar-refractivity contribution < 1.29 is 9.53 Å². The molecule has 1 aliphatic rings. The van der Waals surface area contributed by atoms with Gasteiger partial charge >= 0.3 is 0 Å². The molecule has 0 saturated carbocycles. The SMILES string of the molecule is COc1nc(C(=O)NC2=NCCS2)cc2ccccc12. The van der Waals surface area contributed by atoms with Crippen LogP contribution in [0.4, 0.5) is 0 Å². The zero-order chi connectivity index (χ0) is 13.9. The molecule has 0 unspecified atom stereocenters. The Kier molecular flexibility index (Phi) is 3.56. The fourth-order valence-electron chi connectivity index (χ4n) is 2.01. The first kappa shape index (κ1) is 12.9. The number of amides is 1. The highest BCUT2D eigenvalue weighted by atomic mass is 32.2. The highest BCUT2D eigenvalue weighted by Crippen LogP contribution is 2.24. The number of carbonyl (C=O) groups excluding carboxylic acids is 1. The molecule has 1 N–H and O–H groups in total. The fourth-order valence-corrected chi connectivity index (χ4v) is 2.73. The number of hydrogen-bond acceptors (Lipinski definition) is 5. The summed E-state index contributed by atoms with van der Waals surface area (Å²) in [5, 5.41) is 5.23. The number of carbonyl (C=O) groups is 1. The number of amidine groups is 1. The summed E-state index contributed by atoms with van der Waals surface area (Å²) in [5.74, 6) is 1.10. The number of fused-ring (bicyclic) bond motifs is 1. The molecule has 0 atom stereocenters. The van der Waals surface area contributed by atoms with E-state index in [4.69, 9.17) is 4.74 Å². The number of rotatable bonds is 2. The van der Waals surface area contributed by atoms with Crippen LogP contribution in [-0.4, -0.2) is 35.5 Å². The molecule has 0 saturated heterocycles. The van der Waals surface area contributed by atoms with Crippen molar-refractivity contribution in [3.05, 3.63) is 36.0 Å². The quantitative estimate of drug-likeness (QED) is 0.918. The van der Waals surface area contributed by atoms with E-state index in [1.54, 1.807) is 13.2 Å². The van der Waals surface area contributed by atoms with Gasteiger partial charge in [-0.25, -0.2) is 4.98 Å². The van der Waals surface area contributed by atoms with Crippen molar-refractivity contribution in [3.63, 3.8) is 0 Å². The van der Waals surface area contributed by atoms with E-state index in [-0.39, 0.29) is 5.91 Å². The molecule has 20 heavy (non-hydrogen) atoms. The second kappa shape index (κ2) is 5.50. The van der Waals surface area contributed by atoms with Crippen LogP contribution in [0.2, 0.25) is 0 Å². The molecule has 0 aliphatic carbocycles. The lowest BCUT2D eigenvalue weighted by atomic mass is 10.1. The standard InChI is InChI=1S/C14H13N3O2S/c1-19-13-10-5-3-2-4-9(10)8-11(16-13)12(18)17-14-15-6-7-20-14/h2-5,8H,6-7H2,1H3,(H,15,17,18). The summed E-state index contributed by atoms with van der Waals surface area (Å²) in [5.41, 5.74) is 0.329. The zero-order valence-electron chi connectivity index (χ0n) is 10.9. The third-order valence-electron chi connectivity index (χ3n) is 2.94. The number of aromatic nitrogens is 1. The van der Waals surface area contributed by atoms with Gasteiger partial charge in [0.25, 0.3) is 5.91 Å². The van der Waals surface area contributed by atoms with E-state index < -0.39 is 0 Å². The van der Waals surface area contributed by atoms with Crippen molar-refractivity contribution in [1.82, 2.24) is 10.3 Å². The summed E-state index contributed by atoms with van der Waals surface area (Å²) in [6, 6.07) is 9.43. The summed E-state index contributed by atoms with van der Waals surface area (Å²) in [7, 11) is 1.55. The highest BCUT2D eigenvalue weighted by molar-refractivity contribution is 8.14. The molecule has 6 heteroatoms. The van der Waals surface area contributed by atoms with E-state index in [1.165, 1.54) is 11.8 Å². The average molecular weight is 287 g/mol. The number of benzene rings is 1. The van der Waals surface area contributed by atoms with E-state index in [9.17, 15) is 4.79 Å². The largest absolute Gasteiger partial charge is 0.481 e. The molecule has 2 aromatic rings. The molecule has 1 aliphatic heterocycles. The minimum absolute atomic E-state index is 0.262. The maximum atomic E-state index is 12.2. The topological polar surface area (TPSA) is 63.6 Å². The van der Waals surface area contributed by atoms with E-state index in [0.29, 0.717) is 16.7 Å². The second-order valence-corrected chi connectivity index (χ2v) is 5.31. The number of pyridine rings is 1. The number of methoxy groups -OCH3 is 1. The van der Waals surface area contributed by atoms with Crippen LogP contribution in [0.15, 0.2) is 35.3 Å². The molecule has 3 rings (SSSR count). The maximum Gasteiger partial charge on any atom is 0.275 e. The van der Waals surface area contributed by atoms with Crippen LogP contribution < -0.4 is 10.1 Å². The summed E-state index contributed by atoms with van der Waals surface area (Å²) in [6.07, 6.45) is 0. The van der Waals surface area contributed by atoms with Gasteiger partial charge in [-0.3, -0.25) is 15.1 Å². The molecule has 0 radical (unpaired) electrons. The lowest BCUT2D eigenvalue weighted by molar-refractivity contribution is 0.0972. The molecule has 1 amide bonds. The minimum atomic E-state index is -0.262. The van der Waals surface area contributed by atoms with E-state index in [0.717, 1.165) is 23.1 Å². The first-order valence-corrected chi connectivity index (χ1v) is 7.19. The summed E-state index contributed by atoms with van der Waals surface area (Å²) >= 11 is 1.54. The van der Waals surface area contributed by atoms with Gasteiger partial charge in [0.15, 0.2) is 5.17 Å². The van der Waals surface area contributed by atoms with Crippen molar-refractivity contribution in [2.24, 2.45) is 4.99 Å². The van der Waals surface area contributed by atoms with Crippen LogP contribution in [0.5, 0.6) is 5.88 Å². The molecule has 5 nitrogen and oxygen atoms in total. The van der Waals surface area contributed by atoms with Crippen LogP contribution in [0.1, 0.15) is 10.5 Å². The van der Waals surface area contributed by atoms with Gasteiger partial charge in [0.05, 0.1) is 13.7 Å². The van der Waals surface area contributed by atoms with E-state index in [1.807, 2.05) is 24.3 Å². The first-order valence-electron chi connectivity index (χ1n) is 6.20. The molecule has 0 fully saturated rings. The van der Waals surface area contributed by atoms with Gasteiger partial charge < -0.3 is 4.74 Å². The Hall–Kier alpha value is -2.08. The molecule has 102 valence electrons. The van der Waals surface area contributed by atoms with Crippen LogP contribution >= 0.6 is 11.8 Å². The number of thioether (sulfide) groups is 1. The summed E-state index contributed by atoms with van der Waals surface area (Å²) < 4.78 is 5.26. The molecular formula is C14H13N3O2S. The lowest BCUT2D eigenvalue weighted by Gasteiger charge is -2.08. The minimum Gasteiger partial charge on any atom is -0.481 e. The Morgan fingerprint density at radius 3 is 3.00 bits per heavy atom. The van der Waals surface area contributed by atoms with Crippen molar-refractivity contribution in [2.45, 2.75) is 0 Å². The van der Waals surface area contributed by atoms with Crippen LogP contribution in [-0.2, 0) is 0 Å². The van der Waals surface area contributed by atoms with Gasteiger partial charge in [-0.15, -0.1) is 0 Å². The third-order valence-corrected chi connectivity index (χ3v) is 3.83. The Balaban J connectivity index is 1.96. The van der Waals surface area contributed by atoms with Gasteiger partial charge in [-0.2, -0.15) is 0 Å². The number of ether oxygens (including phenoxy) is 1. The predicted molar refractivity (Wildman–Crippen MR) is 80.5 cm³/mol. The van der Waals surface area contributed by atoms with Gasteiger partial charge in [0.2, 0.25) is 5.88 Å².